The zero-order valence-corrected chi connectivity index (χ0v) is 13.7. The van der Waals surface area contributed by atoms with Gasteiger partial charge < -0.3 is 15.8 Å². The highest BCUT2D eigenvalue weighted by Gasteiger charge is 2.11. The van der Waals surface area contributed by atoms with Crippen LogP contribution in [0.2, 0.25) is 0 Å². The molecule has 0 spiro atoms. The van der Waals surface area contributed by atoms with E-state index in [0.717, 1.165) is 37.2 Å². The van der Waals surface area contributed by atoms with Gasteiger partial charge in [0.05, 0.1) is 12.6 Å². The zero-order chi connectivity index (χ0) is 14.8. The Morgan fingerprint density at radius 1 is 1.33 bits per heavy atom. The summed E-state index contributed by atoms with van der Waals surface area (Å²) in [6.45, 7) is 5.37. The van der Waals surface area contributed by atoms with E-state index in [0.29, 0.717) is 13.0 Å². The third-order valence-corrected chi connectivity index (χ3v) is 3.07. The number of hydrogen-bond donors (Lipinski definition) is 2. The lowest BCUT2D eigenvalue weighted by Gasteiger charge is -2.12. The molecule has 1 aromatic rings. The molecule has 1 unspecified atom stereocenters. The molecule has 0 heterocycles. The quantitative estimate of drug-likeness (QED) is 0.689. The number of ether oxygens (including phenoxy) is 1. The standard InChI is InChI=1S/C16H26N2O2.ClH/c1-3-5-10-20-14-9-6-8-13(11-14)12-18-16(19)15(17)7-4-2;/h6,8-9,11,15H,3-5,7,10,12,17H2,1-2H3,(H,18,19);1H. The van der Waals surface area contributed by atoms with Crippen molar-refractivity contribution in [3.8, 4) is 5.75 Å². The van der Waals surface area contributed by atoms with Gasteiger partial charge in [-0.2, -0.15) is 0 Å². The summed E-state index contributed by atoms with van der Waals surface area (Å²) in [6.07, 6.45) is 3.79. The maximum absolute atomic E-state index is 11.7. The fourth-order valence-electron chi connectivity index (χ4n) is 1.84. The molecule has 0 fully saturated rings. The van der Waals surface area contributed by atoms with Crippen LogP contribution in [0.15, 0.2) is 24.3 Å². The number of amides is 1. The van der Waals surface area contributed by atoms with E-state index in [4.69, 9.17) is 10.5 Å². The van der Waals surface area contributed by atoms with Gasteiger partial charge in [0.15, 0.2) is 0 Å². The van der Waals surface area contributed by atoms with Gasteiger partial charge in [-0.25, -0.2) is 0 Å². The summed E-state index contributed by atoms with van der Waals surface area (Å²) in [5.41, 5.74) is 6.79. The van der Waals surface area contributed by atoms with Crippen molar-refractivity contribution in [2.45, 2.75) is 52.1 Å². The van der Waals surface area contributed by atoms with Crippen molar-refractivity contribution in [2.24, 2.45) is 5.73 Å². The molecule has 120 valence electrons. The summed E-state index contributed by atoms with van der Waals surface area (Å²) >= 11 is 0. The molecule has 1 aromatic carbocycles. The highest BCUT2D eigenvalue weighted by atomic mass is 35.5. The van der Waals surface area contributed by atoms with Crippen LogP contribution in [0, 0.1) is 0 Å². The summed E-state index contributed by atoms with van der Waals surface area (Å²) in [6, 6.07) is 7.39. The van der Waals surface area contributed by atoms with E-state index in [1.165, 1.54) is 0 Å². The fraction of sp³-hybridized carbons (Fsp3) is 0.562. The maximum Gasteiger partial charge on any atom is 0.237 e. The highest BCUT2D eigenvalue weighted by Crippen LogP contribution is 2.13. The largest absolute Gasteiger partial charge is 0.494 e. The van der Waals surface area contributed by atoms with Crippen molar-refractivity contribution in [1.82, 2.24) is 5.32 Å². The van der Waals surface area contributed by atoms with Gasteiger partial charge in [-0.1, -0.05) is 38.8 Å². The summed E-state index contributed by atoms with van der Waals surface area (Å²) < 4.78 is 5.64. The van der Waals surface area contributed by atoms with Crippen LogP contribution in [0.25, 0.3) is 0 Å². The first-order valence-electron chi connectivity index (χ1n) is 7.42. The minimum absolute atomic E-state index is 0. The Morgan fingerprint density at radius 3 is 2.76 bits per heavy atom. The van der Waals surface area contributed by atoms with Crippen molar-refractivity contribution in [2.75, 3.05) is 6.61 Å². The van der Waals surface area contributed by atoms with Crippen molar-refractivity contribution < 1.29 is 9.53 Å². The second-order valence-electron chi connectivity index (χ2n) is 4.96. The average molecular weight is 315 g/mol. The number of nitrogens with two attached hydrogens (primary N) is 1. The number of carbonyl (C=O) groups excluding carboxylic acids is 1. The second-order valence-corrected chi connectivity index (χ2v) is 4.96. The van der Waals surface area contributed by atoms with Gasteiger partial charge >= 0.3 is 0 Å². The molecule has 0 aliphatic heterocycles. The lowest BCUT2D eigenvalue weighted by molar-refractivity contribution is -0.122. The van der Waals surface area contributed by atoms with Crippen LogP contribution in [-0.2, 0) is 11.3 Å². The average Bonchev–Trinajstić information content (AvgIpc) is 2.46. The van der Waals surface area contributed by atoms with E-state index in [1.807, 2.05) is 31.2 Å². The lowest BCUT2D eigenvalue weighted by Crippen LogP contribution is -2.40. The van der Waals surface area contributed by atoms with E-state index in [2.05, 4.69) is 12.2 Å². The van der Waals surface area contributed by atoms with Gasteiger partial charge in [0.1, 0.15) is 5.75 Å². The monoisotopic (exact) mass is 314 g/mol. The van der Waals surface area contributed by atoms with Crippen LogP contribution < -0.4 is 15.8 Å². The Hall–Kier alpha value is -1.26. The summed E-state index contributed by atoms with van der Waals surface area (Å²) in [5.74, 6) is 0.757. The molecule has 5 heteroatoms. The van der Waals surface area contributed by atoms with Gasteiger partial charge in [0.25, 0.3) is 0 Å². The molecule has 1 rings (SSSR count). The Balaban J connectivity index is 0.00000400. The number of unbranched alkanes of at least 4 members (excludes halogenated alkanes) is 1. The Kier molecular flexibility index (Phi) is 10.7. The number of carbonyl (C=O) groups is 1. The van der Waals surface area contributed by atoms with Crippen LogP contribution in [0.1, 0.15) is 45.1 Å². The molecule has 1 amide bonds. The Bertz CT molecular complexity index is 413. The van der Waals surface area contributed by atoms with Gasteiger partial charge in [-0.3, -0.25) is 4.79 Å². The zero-order valence-electron chi connectivity index (χ0n) is 12.9. The van der Waals surface area contributed by atoms with E-state index >= 15 is 0 Å². The Morgan fingerprint density at radius 2 is 2.10 bits per heavy atom. The van der Waals surface area contributed by atoms with Crippen molar-refractivity contribution in [3.05, 3.63) is 29.8 Å². The van der Waals surface area contributed by atoms with E-state index < -0.39 is 6.04 Å². The summed E-state index contributed by atoms with van der Waals surface area (Å²) in [7, 11) is 0. The molecule has 0 aliphatic carbocycles. The molecule has 0 bridgehead atoms. The molecule has 0 radical (unpaired) electrons. The SMILES string of the molecule is CCCCOc1cccc(CNC(=O)C(N)CCC)c1.Cl. The van der Waals surface area contributed by atoms with Crippen LogP contribution >= 0.6 is 12.4 Å². The minimum atomic E-state index is -0.413. The van der Waals surface area contributed by atoms with Gasteiger partial charge in [-0.15, -0.1) is 12.4 Å². The van der Waals surface area contributed by atoms with Crippen LogP contribution in [0.5, 0.6) is 5.75 Å². The van der Waals surface area contributed by atoms with Gasteiger partial charge in [0, 0.05) is 6.54 Å². The molecule has 0 saturated heterocycles. The maximum atomic E-state index is 11.7. The third kappa shape index (κ3) is 7.93. The molecule has 1 atom stereocenters. The van der Waals surface area contributed by atoms with Crippen LogP contribution in [0.4, 0.5) is 0 Å². The fourth-order valence-corrected chi connectivity index (χ4v) is 1.84. The number of hydrogen-bond acceptors (Lipinski definition) is 3. The molecule has 21 heavy (non-hydrogen) atoms. The predicted molar refractivity (Wildman–Crippen MR) is 88.8 cm³/mol. The van der Waals surface area contributed by atoms with Crippen LogP contribution in [0.3, 0.4) is 0 Å². The van der Waals surface area contributed by atoms with E-state index in [1.54, 1.807) is 0 Å². The number of benzene rings is 1. The number of nitrogens with one attached hydrogen (secondary N) is 1. The molecule has 0 aromatic heterocycles. The van der Waals surface area contributed by atoms with E-state index in [-0.39, 0.29) is 18.3 Å². The number of rotatable bonds is 9. The predicted octanol–water partition coefficient (Wildman–Crippen LogP) is 3.03. The summed E-state index contributed by atoms with van der Waals surface area (Å²) in [5, 5.41) is 2.86. The van der Waals surface area contributed by atoms with Crippen molar-refractivity contribution in [1.29, 1.82) is 0 Å². The first kappa shape index (κ1) is 19.7. The smallest absolute Gasteiger partial charge is 0.237 e. The molecular weight excluding hydrogens is 288 g/mol. The van der Waals surface area contributed by atoms with Crippen LogP contribution in [-0.4, -0.2) is 18.6 Å². The normalized spacial score (nSPS) is 11.4. The minimum Gasteiger partial charge on any atom is -0.494 e. The number of halogens is 1. The Labute approximate surface area is 133 Å². The first-order valence-corrected chi connectivity index (χ1v) is 7.42. The first-order chi connectivity index (χ1) is 9.67. The molecule has 0 aliphatic rings. The molecular formula is C16H27ClN2O2. The summed E-state index contributed by atoms with van der Waals surface area (Å²) in [4.78, 5) is 11.7. The van der Waals surface area contributed by atoms with E-state index in [9.17, 15) is 4.79 Å². The van der Waals surface area contributed by atoms with Crippen molar-refractivity contribution in [3.63, 3.8) is 0 Å². The highest BCUT2D eigenvalue weighted by molar-refractivity contribution is 5.85. The topological polar surface area (TPSA) is 64.3 Å². The van der Waals surface area contributed by atoms with Gasteiger partial charge in [0.2, 0.25) is 5.91 Å². The third-order valence-electron chi connectivity index (χ3n) is 3.07. The lowest BCUT2D eigenvalue weighted by atomic mass is 10.1. The molecule has 3 N–H and O–H groups in total. The van der Waals surface area contributed by atoms with Crippen molar-refractivity contribution >= 4 is 18.3 Å². The second kappa shape index (κ2) is 11.4. The molecule has 4 nitrogen and oxygen atoms in total. The molecule has 0 saturated carbocycles. The van der Waals surface area contributed by atoms with Gasteiger partial charge in [-0.05, 0) is 30.5 Å².